The van der Waals surface area contributed by atoms with Crippen molar-refractivity contribution < 1.29 is 4.74 Å². The number of nitrogens with two attached hydrogens (primary N) is 1. The number of ether oxygens (including phenoxy) is 1. The Balaban J connectivity index is 0.00000200. The number of anilines is 1. The first kappa shape index (κ1) is 20.3. The third-order valence-electron chi connectivity index (χ3n) is 3.42. The van der Waals surface area contributed by atoms with E-state index in [1.165, 1.54) is 5.69 Å². The maximum absolute atomic E-state index is 6.08. The first-order valence-corrected chi connectivity index (χ1v) is 6.88. The summed E-state index contributed by atoms with van der Waals surface area (Å²) in [6.45, 7) is 9.35. The molecule has 4 nitrogen and oxygen atoms in total. The molecule has 21 heavy (non-hydrogen) atoms. The van der Waals surface area contributed by atoms with Crippen molar-refractivity contribution in [1.29, 1.82) is 0 Å². The first-order valence-electron chi connectivity index (χ1n) is 6.88. The van der Waals surface area contributed by atoms with Crippen molar-refractivity contribution in [3.63, 3.8) is 0 Å². The van der Waals surface area contributed by atoms with Crippen LogP contribution in [-0.4, -0.2) is 50.3 Å². The molecule has 1 aliphatic rings. The second kappa shape index (κ2) is 8.69. The number of hydrogen-bond acceptors (Lipinski definition) is 4. The first-order chi connectivity index (χ1) is 8.98. The van der Waals surface area contributed by atoms with Crippen LogP contribution in [0.25, 0.3) is 0 Å². The van der Waals surface area contributed by atoms with E-state index in [0.29, 0.717) is 0 Å². The summed E-state index contributed by atoms with van der Waals surface area (Å²) in [5, 5.41) is 0. The Kier molecular flexibility index (Phi) is 8.41. The summed E-state index contributed by atoms with van der Waals surface area (Å²) in [5.41, 5.74) is 7.21. The highest BCUT2D eigenvalue weighted by Gasteiger charge is 2.21. The zero-order valence-electron chi connectivity index (χ0n) is 13.0. The topological polar surface area (TPSA) is 41.7 Å². The van der Waals surface area contributed by atoms with Crippen molar-refractivity contribution in [3.8, 4) is 5.75 Å². The molecule has 0 radical (unpaired) electrons. The smallest absolute Gasteiger partial charge is 0.120 e. The van der Waals surface area contributed by atoms with Gasteiger partial charge in [0, 0.05) is 50.0 Å². The van der Waals surface area contributed by atoms with Crippen LogP contribution in [0.15, 0.2) is 24.3 Å². The third-order valence-corrected chi connectivity index (χ3v) is 3.42. The van der Waals surface area contributed by atoms with E-state index in [1.807, 2.05) is 12.1 Å². The van der Waals surface area contributed by atoms with Crippen molar-refractivity contribution >= 4 is 30.5 Å². The lowest BCUT2D eigenvalue weighted by atomic mass is 10.1. The summed E-state index contributed by atoms with van der Waals surface area (Å²) in [5.74, 6) is 0.919. The van der Waals surface area contributed by atoms with E-state index >= 15 is 0 Å². The molecular weight excluding hydrogens is 309 g/mol. The molecule has 1 heterocycles. The number of nitrogens with zero attached hydrogens (tertiary/aromatic N) is 2. The monoisotopic (exact) mass is 335 g/mol. The predicted molar refractivity (Wildman–Crippen MR) is 94.4 cm³/mol. The SMILES string of the molecule is COc1cccc(N2CCN(CC(C)(C)N)CC2)c1.Cl.Cl. The zero-order chi connectivity index (χ0) is 13.9. The van der Waals surface area contributed by atoms with Gasteiger partial charge in [0.2, 0.25) is 0 Å². The van der Waals surface area contributed by atoms with E-state index in [-0.39, 0.29) is 30.4 Å². The van der Waals surface area contributed by atoms with Crippen LogP contribution in [0.4, 0.5) is 5.69 Å². The molecule has 0 aromatic heterocycles. The fraction of sp³-hybridized carbons (Fsp3) is 0.600. The van der Waals surface area contributed by atoms with Crippen LogP contribution < -0.4 is 15.4 Å². The maximum atomic E-state index is 6.08. The molecular formula is C15H27Cl2N3O. The van der Waals surface area contributed by atoms with Crippen molar-refractivity contribution in [1.82, 2.24) is 4.90 Å². The highest BCUT2D eigenvalue weighted by molar-refractivity contribution is 5.85. The standard InChI is InChI=1S/C15H25N3O.2ClH/c1-15(2,16)12-17-7-9-18(10-8-17)13-5-4-6-14(11-13)19-3;;/h4-6,11H,7-10,12,16H2,1-3H3;2*1H. The molecule has 1 aromatic carbocycles. The number of hydrogen-bond donors (Lipinski definition) is 1. The van der Waals surface area contributed by atoms with Gasteiger partial charge < -0.3 is 15.4 Å². The number of methoxy groups -OCH3 is 1. The van der Waals surface area contributed by atoms with Crippen LogP contribution in [0.5, 0.6) is 5.75 Å². The molecule has 0 unspecified atom stereocenters. The normalized spacial score (nSPS) is 15.9. The summed E-state index contributed by atoms with van der Waals surface area (Å²) < 4.78 is 5.28. The minimum atomic E-state index is -0.113. The highest BCUT2D eigenvalue weighted by atomic mass is 35.5. The van der Waals surface area contributed by atoms with Crippen LogP contribution in [0.2, 0.25) is 0 Å². The van der Waals surface area contributed by atoms with Crippen LogP contribution >= 0.6 is 24.8 Å². The van der Waals surface area contributed by atoms with Gasteiger partial charge in [-0.1, -0.05) is 6.07 Å². The average Bonchev–Trinajstić information content (AvgIpc) is 2.38. The molecule has 0 spiro atoms. The summed E-state index contributed by atoms with van der Waals surface area (Å²) in [4.78, 5) is 4.85. The van der Waals surface area contributed by atoms with Gasteiger partial charge in [-0.05, 0) is 26.0 Å². The van der Waals surface area contributed by atoms with Crippen molar-refractivity contribution in [2.24, 2.45) is 5.73 Å². The number of piperazine rings is 1. The Morgan fingerprint density at radius 2 is 1.76 bits per heavy atom. The molecule has 0 bridgehead atoms. The molecule has 0 saturated carbocycles. The molecule has 1 saturated heterocycles. The van der Waals surface area contributed by atoms with Gasteiger partial charge in [-0.15, -0.1) is 24.8 Å². The van der Waals surface area contributed by atoms with Gasteiger partial charge in [0.25, 0.3) is 0 Å². The molecule has 2 rings (SSSR count). The largest absolute Gasteiger partial charge is 0.497 e. The summed E-state index contributed by atoms with van der Waals surface area (Å²) in [7, 11) is 1.71. The van der Waals surface area contributed by atoms with Gasteiger partial charge in [-0.25, -0.2) is 0 Å². The summed E-state index contributed by atoms with van der Waals surface area (Å²) in [6, 6.07) is 8.27. The van der Waals surface area contributed by atoms with Crippen LogP contribution in [0.1, 0.15) is 13.8 Å². The number of rotatable bonds is 4. The second-order valence-corrected chi connectivity index (χ2v) is 5.95. The van der Waals surface area contributed by atoms with Gasteiger partial charge in [0.05, 0.1) is 7.11 Å². The maximum Gasteiger partial charge on any atom is 0.120 e. The zero-order valence-corrected chi connectivity index (χ0v) is 14.7. The van der Waals surface area contributed by atoms with E-state index in [2.05, 4.69) is 35.8 Å². The van der Waals surface area contributed by atoms with Gasteiger partial charge in [-0.3, -0.25) is 4.90 Å². The molecule has 0 amide bonds. The van der Waals surface area contributed by atoms with E-state index in [0.717, 1.165) is 38.5 Å². The van der Waals surface area contributed by atoms with Crippen LogP contribution in [-0.2, 0) is 0 Å². The van der Waals surface area contributed by atoms with Gasteiger partial charge in [-0.2, -0.15) is 0 Å². The van der Waals surface area contributed by atoms with Gasteiger partial charge in [0.15, 0.2) is 0 Å². The van der Waals surface area contributed by atoms with Crippen LogP contribution in [0, 0.1) is 0 Å². The molecule has 0 aliphatic carbocycles. The average molecular weight is 336 g/mol. The Bertz CT molecular complexity index is 416. The Morgan fingerprint density at radius 1 is 1.14 bits per heavy atom. The van der Waals surface area contributed by atoms with E-state index < -0.39 is 0 Å². The minimum absolute atomic E-state index is 0. The molecule has 122 valence electrons. The second-order valence-electron chi connectivity index (χ2n) is 5.95. The van der Waals surface area contributed by atoms with Crippen molar-refractivity contribution in [3.05, 3.63) is 24.3 Å². The minimum Gasteiger partial charge on any atom is -0.497 e. The number of benzene rings is 1. The Hall–Kier alpha value is -0.680. The van der Waals surface area contributed by atoms with Crippen molar-refractivity contribution in [2.45, 2.75) is 19.4 Å². The van der Waals surface area contributed by atoms with Crippen molar-refractivity contribution in [2.75, 3.05) is 44.7 Å². The van der Waals surface area contributed by atoms with Gasteiger partial charge in [0.1, 0.15) is 5.75 Å². The molecule has 1 aromatic rings. The van der Waals surface area contributed by atoms with Gasteiger partial charge >= 0.3 is 0 Å². The fourth-order valence-corrected chi connectivity index (χ4v) is 2.55. The molecule has 1 fully saturated rings. The number of halogens is 2. The molecule has 2 N–H and O–H groups in total. The van der Waals surface area contributed by atoms with E-state index in [4.69, 9.17) is 10.5 Å². The highest BCUT2D eigenvalue weighted by Crippen LogP contribution is 2.22. The molecule has 1 aliphatic heterocycles. The summed E-state index contributed by atoms with van der Waals surface area (Å²) in [6.07, 6.45) is 0. The van der Waals surface area contributed by atoms with E-state index in [9.17, 15) is 0 Å². The predicted octanol–water partition coefficient (Wildman–Crippen LogP) is 2.40. The lowest BCUT2D eigenvalue weighted by Crippen LogP contribution is -2.53. The molecule has 6 heteroatoms. The van der Waals surface area contributed by atoms with Crippen LogP contribution in [0.3, 0.4) is 0 Å². The fourth-order valence-electron chi connectivity index (χ4n) is 2.55. The quantitative estimate of drug-likeness (QED) is 0.917. The Morgan fingerprint density at radius 3 is 2.29 bits per heavy atom. The van der Waals surface area contributed by atoms with E-state index in [1.54, 1.807) is 7.11 Å². The summed E-state index contributed by atoms with van der Waals surface area (Å²) >= 11 is 0. The third kappa shape index (κ3) is 6.30. The lowest BCUT2D eigenvalue weighted by molar-refractivity contribution is 0.214. The molecule has 0 atom stereocenters. The lowest BCUT2D eigenvalue weighted by Gasteiger charge is -2.38. The Labute approximate surface area is 140 Å².